The fraction of sp³-hybridized carbons (Fsp3) is 0.100. The number of rotatable bonds is 6. The number of aromatic nitrogens is 4. The topological polar surface area (TPSA) is 81.9 Å². The zero-order chi connectivity index (χ0) is 19.3. The van der Waals surface area contributed by atoms with E-state index in [4.69, 9.17) is 4.74 Å². The maximum Gasteiger partial charge on any atom is 0.278 e. The summed E-state index contributed by atoms with van der Waals surface area (Å²) in [4.78, 5) is 20.9. The Hall–Kier alpha value is -3.52. The standard InChI is InChI=1S/C20H17N5O2S/c1-25-18(8-9-24-25)17-7-2-14(12-22-17)13-23-19(26)15-3-5-16(6-4-15)27-20-21-10-11-28-20/h2-12H,13H2,1H3,(H,23,26). The minimum atomic E-state index is -0.156. The first-order chi connectivity index (χ1) is 13.7. The molecule has 0 unspecified atom stereocenters. The molecule has 7 nitrogen and oxygen atoms in total. The van der Waals surface area contributed by atoms with E-state index in [0.717, 1.165) is 17.0 Å². The van der Waals surface area contributed by atoms with Crippen molar-refractivity contribution in [2.75, 3.05) is 0 Å². The molecule has 0 spiro atoms. The highest BCUT2D eigenvalue weighted by molar-refractivity contribution is 7.11. The lowest BCUT2D eigenvalue weighted by Gasteiger charge is -2.07. The molecule has 0 aliphatic rings. The molecule has 0 atom stereocenters. The van der Waals surface area contributed by atoms with Crippen LogP contribution in [0.3, 0.4) is 0 Å². The number of aryl methyl sites for hydroxylation is 1. The van der Waals surface area contributed by atoms with Crippen molar-refractivity contribution >= 4 is 17.2 Å². The van der Waals surface area contributed by atoms with Gasteiger partial charge in [-0.15, -0.1) is 0 Å². The molecule has 0 saturated heterocycles. The minimum Gasteiger partial charge on any atom is -0.431 e. The third kappa shape index (κ3) is 4.07. The lowest BCUT2D eigenvalue weighted by atomic mass is 10.2. The van der Waals surface area contributed by atoms with Gasteiger partial charge in [0.25, 0.3) is 11.1 Å². The van der Waals surface area contributed by atoms with E-state index in [1.54, 1.807) is 47.5 Å². The average molecular weight is 391 g/mol. The maximum absolute atomic E-state index is 12.4. The van der Waals surface area contributed by atoms with E-state index < -0.39 is 0 Å². The van der Waals surface area contributed by atoms with Gasteiger partial charge in [-0.1, -0.05) is 17.4 Å². The van der Waals surface area contributed by atoms with Gasteiger partial charge in [0.05, 0.1) is 11.4 Å². The predicted molar refractivity (Wildman–Crippen MR) is 106 cm³/mol. The van der Waals surface area contributed by atoms with Crippen molar-refractivity contribution in [1.29, 1.82) is 0 Å². The molecule has 0 aliphatic heterocycles. The van der Waals surface area contributed by atoms with Gasteiger partial charge in [-0.2, -0.15) is 5.10 Å². The molecule has 0 fully saturated rings. The van der Waals surface area contributed by atoms with Crippen LogP contribution >= 0.6 is 11.3 Å². The zero-order valence-corrected chi connectivity index (χ0v) is 15.9. The number of carbonyl (C=O) groups excluding carboxylic acids is 1. The Balaban J connectivity index is 1.34. The summed E-state index contributed by atoms with van der Waals surface area (Å²) in [6, 6.07) is 12.7. The van der Waals surface area contributed by atoms with Gasteiger partial charge >= 0.3 is 0 Å². The maximum atomic E-state index is 12.4. The van der Waals surface area contributed by atoms with Crippen molar-refractivity contribution in [1.82, 2.24) is 25.1 Å². The fourth-order valence-corrected chi connectivity index (χ4v) is 3.13. The van der Waals surface area contributed by atoms with Gasteiger partial charge in [0, 0.05) is 43.1 Å². The van der Waals surface area contributed by atoms with E-state index in [0.29, 0.717) is 23.1 Å². The molecule has 28 heavy (non-hydrogen) atoms. The molecule has 4 rings (SSSR count). The van der Waals surface area contributed by atoms with Gasteiger partial charge in [-0.05, 0) is 42.0 Å². The summed E-state index contributed by atoms with van der Waals surface area (Å²) < 4.78 is 7.36. The zero-order valence-electron chi connectivity index (χ0n) is 15.1. The summed E-state index contributed by atoms with van der Waals surface area (Å²) >= 11 is 1.41. The number of hydrogen-bond donors (Lipinski definition) is 1. The molecule has 4 aromatic rings. The third-order valence-electron chi connectivity index (χ3n) is 4.09. The number of pyridine rings is 1. The molecule has 8 heteroatoms. The summed E-state index contributed by atoms with van der Waals surface area (Å²) in [5, 5.41) is 9.45. The lowest BCUT2D eigenvalue weighted by Crippen LogP contribution is -2.22. The Morgan fingerprint density at radius 2 is 1.96 bits per heavy atom. The first-order valence-electron chi connectivity index (χ1n) is 8.58. The van der Waals surface area contributed by atoms with Crippen LogP contribution in [-0.2, 0) is 13.6 Å². The second-order valence-corrected chi connectivity index (χ2v) is 6.86. The summed E-state index contributed by atoms with van der Waals surface area (Å²) in [5.74, 6) is 0.484. The minimum absolute atomic E-state index is 0.156. The number of benzene rings is 1. The first-order valence-corrected chi connectivity index (χ1v) is 9.46. The van der Waals surface area contributed by atoms with Gasteiger partial charge in [0.15, 0.2) is 0 Å². The summed E-state index contributed by atoms with van der Waals surface area (Å²) in [6.45, 7) is 0.398. The normalized spacial score (nSPS) is 10.6. The van der Waals surface area contributed by atoms with E-state index in [1.165, 1.54) is 11.3 Å². The second-order valence-electron chi connectivity index (χ2n) is 6.00. The number of carbonyl (C=O) groups is 1. The molecule has 140 valence electrons. The Morgan fingerprint density at radius 3 is 2.61 bits per heavy atom. The van der Waals surface area contributed by atoms with Crippen LogP contribution in [0.15, 0.2) is 66.4 Å². The molecule has 0 radical (unpaired) electrons. The second kappa shape index (κ2) is 8.01. The van der Waals surface area contributed by atoms with Crippen molar-refractivity contribution in [2.24, 2.45) is 7.05 Å². The fourth-order valence-electron chi connectivity index (χ4n) is 2.63. The SMILES string of the molecule is Cn1nccc1-c1ccc(CNC(=O)c2ccc(Oc3nccs3)cc2)cn1. The highest BCUT2D eigenvalue weighted by atomic mass is 32.1. The van der Waals surface area contributed by atoms with Crippen LogP contribution in [-0.4, -0.2) is 25.7 Å². The van der Waals surface area contributed by atoms with Crippen molar-refractivity contribution in [3.8, 4) is 22.3 Å². The number of amides is 1. The van der Waals surface area contributed by atoms with Crippen LogP contribution in [0.25, 0.3) is 11.4 Å². The first kappa shape index (κ1) is 17.9. The average Bonchev–Trinajstić information content (AvgIpc) is 3.39. The summed E-state index contributed by atoms with van der Waals surface area (Å²) in [6.07, 6.45) is 5.17. The Bertz CT molecular complexity index is 1060. The van der Waals surface area contributed by atoms with Crippen LogP contribution in [0.5, 0.6) is 10.9 Å². The highest BCUT2D eigenvalue weighted by Crippen LogP contribution is 2.23. The molecular formula is C20H17N5O2S. The van der Waals surface area contributed by atoms with Gasteiger partial charge < -0.3 is 10.1 Å². The third-order valence-corrected chi connectivity index (χ3v) is 4.74. The van der Waals surface area contributed by atoms with Crippen LogP contribution in [0.4, 0.5) is 0 Å². The van der Waals surface area contributed by atoms with Gasteiger partial charge in [-0.3, -0.25) is 14.5 Å². The van der Waals surface area contributed by atoms with Crippen LogP contribution in [0.1, 0.15) is 15.9 Å². The number of nitrogens with zero attached hydrogens (tertiary/aromatic N) is 4. The Labute approximate surface area is 165 Å². The molecule has 3 heterocycles. The lowest BCUT2D eigenvalue weighted by molar-refractivity contribution is 0.0951. The number of thiazole rings is 1. The van der Waals surface area contributed by atoms with E-state index >= 15 is 0 Å². The molecule has 1 amide bonds. The summed E-state index contributed by atoms with van der Waals surface area (Å²) in [5.41, 5.74) is 3.26. The van der Waals surface area contributed by atoms with Gasteiger partial charge in [0.1, 0.15) is 5.75 Å². The number of ether oxygens (including phenoxy) is 1. The summed E-state index contributed by atoms with van der Waals surface area (Å²) in [7, 11) is 1.87. The quantitative estimate of drug-likeness (QED) is 0.542. The highest BCUT2D eigenvalue weighted by Gasteiger charge is 2.08. The van der Waals surface area contributed by atoms with E-state index in [1.807, 2.05) is 30.6 Å². The molecule has 0 saturated carbocycles. The number of hydrogen-bond acceptors (Lipinski definition) is 6. The Kier molecular flexibility index (Phi) is 5.11. The van der Waals surface area contributed by atoms with E-state index in [9.17, 15) is 4.79 Å². The largest absolute Gasteiger partial charge is 0.431 e. The molecule has 1 aromatic carbocycles. The molecular weight excluding hydrogens is 374 g/mol. The van der Waals surface area contributed by atoms with Crippen LogP contribution in [0, 0.1) is 0 Å². The monoisotopic (exact) mass is 391 g/mol. The smallest absolute Gasteiger partial charge is 0.278 e. The van der Waals surface area contributed by atoms with E-state index in [2.05, 4.69) is 20.4 Å². The van der Waals surface area contributed by atoms with Gasteiger partial charge in [-0.25, -0.2) is 4.98 Å². The molecule has 0 bridgehead atoms. The van der Waals surface area contributed by atoms with Crippen molar-refractivity contribution in [3.05, 3.63) is 77.6 Å². The van der Waals surface area contributed by atoms with Gasteiger partial charge in [0.2, 0.25) is 0 Å². The van der Waals surface area contributed by atoms with Crippen LogP contribution < -0.4 is 10.1 Å². The number of nitrogens with one attached hydrogen (secondary N) is 1. The van der Waals surface area contributed by atoms with Crippen molar-refractivity contribution < 1.29 is 9.53 Å². The van der Waals surface area contributed by atoms with Crippen molar-refractivity contribution in [3.63, 3.8) is 0 Å². The van der Waals surface area contributed by atoms with Crippen LogP contribution in [0.2, 0.25) is 0 Å². The Morgan fingerprint density at radius 1 is 1.11 bits per heavy atom. The predicted octanol–water partition coefficient (Wildman–Crippen LogP) is 3.66. The molecule has 0 aliphatic carbocycles. The van der Waals surface area contributed by atoms with E-state index in [-0.39, 0.29) is 5.91 Å². The molecule has 3 aromatic heterocycles. The van der Waals surface area contributed by atoms with Crippen molar-refractivity contribution in [2.45, 2.75) is 6.54 Å². The molecule has 1 N–H and O–H groups in total.